The molecule has 1 rings (SSSR count). The number of aryl methyl sites for hydroxylation is 1. The topological polar surface area (TPSA) is 35.5 Å². The van der Waals surface area contributed by atoms with Gasteiger partial charge in [-0.3, -0.25) is 4.89 Å². The summed E-state index contributed by atoms with van der Waals surface area (Å²) in [7, 11) is 0. The Labute approximate surface area is 179 Å². The molecule has 0 spiro atoms. The molecule has 0 bridgehead atoms. The van der Waals surface area contributed by atoms with Crippen LogP contribution in [0.5, 0.6) is 0 Å². The summed E-state index contributed by atoms with van der Waals surface area (Å²) in [5.41, 5.74) is 1.47. The van der Waals surface area contributed by atoms with Crippen molar-refractivity contribution in [3.8, 4) is 0 Å². The van der Waals surface area contributed by atoms with Gasteiger partial charge in [0.25, 0.3) is 0 Å². The van der Waals surface area contributed by atoms with Crippen LogP contribution in [0.15, 0.2) is 24.3 Å². The molecule has 1 aromatic rings. The van der Waals surface area contributed by atoms with Crippen molar-refractivity contribution in [1.82, 2.24) is 0 Å². The van der Waals surface area contributed by atoms with Gasteiger partial charge in [-0.05, 0) is 25.0 Å². The summed E-state index contributed by atoms with van der Waals surface area (Å²) in [6, 6.07) is 7.39. The van der Waals surface area contributed by atoms with Gasteiger partial charge in [-0.1, -0.05) is 121 Å². The third-order valence-electron chi connectivity index (χ3n) is 5.58. The van der Waals surface area contributed by atoms with Crippen LogP contribution >= 0.6 is 0 Å². The normalized spacial score (nSPS) is 11.0. The molecule has 0 aliphatic rings. The first-order valence-electron chi connectivity index (χ1n) is 12.1. The van der Waals surface area contributed by atoms with Crippen molar-refractivity contribution >= 4 is 5.97 Å². The zero-order valence-electron chi connectivity index (χ0n) is 19.1. The summed E-state index contributed by atoms with van der Waals surface area (Å²) >= 11 is 0. The lowest BCUT2D eigenvalue weighted by Crippen LogP contribution is -2.08. The van der Waals surface area contributed by atoms with Gasteiger partial charge in [0.05, 0.1) is 12.2 Å². The molecule has 0 aliphatic carbocycles. The number of unbranched alkanes of at least 4 members (excludes halogenated alkanes) is 15. The van der Waals surface area contributed by atoms with Crippen molar-refractivity contribution in [1.29, 1.82) is 0 Å². The lowest BCUT2D eigenvalue weighted by molar-refractivity contribution is -0.241. The lowest BCUT2D eigenvalue weighted by Gasteiger charge is -2.06. The van der Waals surface area contributed by atoms with Gasteiger partial charge >= 0.3 is 5.97 Å². The second-order valence-corrected chi connectivity index (χ2v) is 8.31. The SMILES string of the molecule is CCCCCCCCCCCCCCCCCCOOC(=O)c1ccccc1C. The van der Waals surface area contributed by atoms with Gasteiger partial charge in [0.15, 0.2) is 0 Å². The van der Waals surface area contributed by atoms with Gasteiger partial charge in [-0.2, -0.15) is 4.89 Å². The zero-order valence-corrected chi connectivity index (χ0v) is 19.1. The van der Waals surface area contributed by atoms with E-state index < -0.39 is 5.97 Å². The highest BCUT2D eigenvalue weighted by Crippen LogP contribution is 2.14. The maximum atomic E-state index is 11.9. The number of carbonyl (C=O) groups excluding carboxylic acids is 1. The van der Waals surface area contributed by atoms with Crippen LogP contribution in [0.2, 0.25) is 0 Å². The van der Waals surface area contributed by atoms with Crippen LogP contribution in [-0.4, -0.2) is 12.6 Å². The van der Waals surface area contributed by atoms with E-state index in [-0.39, 0.29) is 0 Å². The summed E-state index contributed by atoms with van der Waals surface area (Å²) < 4.78 is 0. The standard InChI is InChI=1S/C26H44O3/c1-3-4-5-6-7-8-9-10-11-12-13-14-15-16-17-20-23-28-29-26(27)25-22-19-18-21-24(25)2/h18-19,21-22H,3-17,20,23H2,1-2H3. The van der Waals surface area contributed by atoms with Crippen LogP contribution in [0, 0.1) is 6.92 Å². The average Bonchev–Trinajstić information content (AvgIpc) is 2.73. The molecule has 166 valence electrons. The molecule has 3 nitrogen and oxygen atoms in total. The maximum Gasteiger partial charge on any atom is 0.373 e. The second kappa shape index (κ2) is 18.7. The van der Waals surface area contributed by atoms with E-state index in [1.54, 1.807) is 6.07 Å². The van der Waals surface area contributed by atoms with Crippen LogP contribution in [0.4, 0.5) is 0 Å². The summed E-state index contributed by atoms with van der Waals surface area (Å²) in [5.74, 6) is -0.403. The Hall–Kier alpha value is -1.35. The molecular formula is C26H44O3. The third kappa shape index (κ3) is 14.3. The van der Waals surface area contributed by atoms with Crippen molar-refractivity contribution in [3.05, 3.63) is 35.4 Å². The Morgan fingerprint density at radius 1 is 0.690 bits per heavy atom. The molecular weight excluding hydrogens is 360 g/mol. The number of benzene rings is 1. The predicted octanol–water partition coefficient (Wildman–Crippen LogP) is 8.34. The van der Waals surface area contributed by atoms with E-state index in [0.717, 1.165) is 18.4 Å². The van der Waals surface area contributed by atoms with Crippen molar-refractivity contribution in [3.63, 3.8) is 0 Å². The first-order valence-corrected chi connectivity index (χ1v) is 12.1. The van der Waals surface area contributed by atoms with Gasteiger partial charge < -0.3 is 0 Å². The van der Waals surface area contributed by atoms with E-state index in [2.05, 4.69) is 6.92 Å². The first-order chi connectivity index (χ1) is 14.3. The molecule has 0 amide bonds. The van der Waals surface area contributed by atoms with Gasteiger partial charge in [0.2, 0.25) is 0 Å². The van der Waals surface area contributed by atoms with Crippen LogP contribution in [0.25, 0.3) is 0 Å². The van der Waals surface area contributed by atoms with E-state index in [0.29, 0.717) is 12.2 Å². The van der Waals surface area contributed by atoms with Crippen LogP contribution in [0.3, 0.4) is 0 Å². The highest BCUT2D eigenvalue weighted by molar-refractivity contribution is 5.90. The summed E-state index contributed by atoms with van der Waals surface area (Å²) in [5, 5.41) is 0. The molecule has 0 heterocycles. The fraction of sp³-hybridized carbons (Fsp3) is 0.731. The predicted molar refractivity (Wildman–Crippen MR) is 122 cm³/mol. The lowest BCUT2D eigenvalue weighted by atomic mass is 10.0. The Morgan fingerprint density at radius 2 is 1.14 bits per heavy atom. The smallest absolute Gasteiger partial charge is 0.293 e. The van der Waals surface area contributed by atoms with E-state index in [4.69, 9.17) is 9.78 Å². The second-order valence-electron chi connectivity index (χ2n) is 8.31. The number of hydrogen-bond donors (Lipinski definition) is 0. The fourth-order valence-corrected chi connectivity index (χ4v) is 3.65. The number of rotatable bonds is 19. The van der Waals surface area contributed by atoms with Crippen LogP contribution < -0.4 is 0 Å². The molecule has 0 aliphatic heterocycles. The minimum atomic E-state index is -0.403. The molecule has 0 saturated carbocycles. The minimum absolute atomic E-state index is 0.403. The van der Waals surface area contributed by atoms with Crippen molar-refractivity contribution in [2.24, 2.45) is 0 Å². The average molecular weight is 405 g/mol. The van der Waals surface area contributed by atoms with Crippen LogP contribution in [0.1, 0.15) is 126 Å². The molecule has 3 heteroatoms. The van der Waals surface area contributed by atoms with Gasteiger partial charge in [-0.15, -0.1) is 0 Å². The Balaban J connectivity index is 1.78. The molecule has 0 unspecified atom stereocenters. The molecule has 0 atom stereocenters. The molecule has 0 radical (unpaired) electrons. The monoisotopic (exact) mass is 404 g/mol. The van der Waals surface area contributed by atoms with Crippen LogP contribution in [-0.2, 0) is 9.78 Å². The highest BCUT2D eigenvalue weighted by atomic mass is 17.2. The van der Waals surface area contributed by atoms with E-state index >= 15 is 0 Å². The third-order valence-corrected chi connectivity index (χ3v) is 5.58. The quantitative estimate of drug-likeness (QED) is 0.132. The number of carbonyl (C=O) groups is 1. The van der Waals surface area contributed by atoms with Crippen molar-refractivity contribution < 1.29 is 14.6 Å². The number of hydrogen-bond acceptors (Lipinski definition) is 3. The van der Waals surface area contributed by atoms with Gasteiger partial charge in [0, 0.05) is 0 Å². The van der Waals surface area contributed by atoms with E-state index in [1.165, 1.54) is 89.9 Å². The molecule has 0 saturated heterocycles. The highest BCUT2D eigenvalue weighted by Gasteiger charge is 2.10. The summed E-state index contributed by atoms with van der Waals surface area (Å²) in [6.07, 6.45) is 21.5. The molecule has 1 aromatic carbocycles. The van der Waals surface area contributed by atoms with Crippen molar-refractivity contribution in [2.45, 2.75) is 117 Å². The fourth-order valence-electron chi connectivity index (χ4n) is 3.65. The van der Waals surface area contributed by atoms with E-state index in [1.807, 2.05) is 25.1 Å². The Kier molecular flexibility index (Phi) is 16.5. The summed E-state index contributed by atoms with van der Waals surface area (Å²) in [4.78, 5) is 21.9. The first kappa shape index (κ1) is 25.7. The van der Waals surface area contributed by atoms with Crippen molar-refractivity contribution in [2.75, 3.05) is 6.61 Å². The summed E-state index contributed by atoms with van der Waals surface area (Å²) in [6.45, 7) is 4.66. The minimum Gasteiger partial charge on any atom is -0.293 e. The van der Waals surface area contributed by atoms with Gasteiger partial charge in [-0.25, -0.2) is 4.79 Å². The Morgan fingerprint density at radius 3 is 1.62 bits per heavy atom. The molecule has 29 heavy (non-hydrogen) atoms. The largest absolute Gasteiger partial charge is 0.373 e. The maximum absolute atomic E-state index is 11.9. The Bertz CT molecular complexity index is 512. The molecule has 0 N–H and O–H groups in total. The van der Waals surface area contributed by atoms with E-state index in [9.17, 15) is 4.79 Å². The zero-order chi connectivity index (χ0) is 21.0. The molecule has 0 fully saturated rings. The molecule has 0 aromatic heterocycles. The van der Waals surface area contributed by atoms with Gasteiger partial charge in [0.1, 0.15) is 0 Å².